The Labute approximate surface area is 75.2 Å². The van der Waals surface area contributed by atoms with Crippen molar-refractivity contribution in [2.24, 2.45) is 0 Å². The Kier molecular flexibility index (Phi) is 3.58. The number of aliphatic hydroxyl groups is 1. The van der Waals surface area contributed by atoms with Crippen LogP contribution in [0.2, 0.25) is 0 Å². The van der Waals surface area contributed by atoms with Crippen molar-refractivity contribution in [3.8, 4) is 11.8 Å². The molecule has 0 saturated carbocycles. The Morgan fingerprint density at radius 2 is 2.17 bits per heavy atom. The molecule has 0 aromatic carbocycles. The molecule has 1 N–H and O–H groups in total. The van der Waals surface area contributed by atoms with E-state index in [-0.39, 0.29) is 6.61 Å². The molecule has 0 aliphatic carbocycles. The zero-order valence-corrected chi connectivity index (χ0v) is 7.43. The van der Waals surface area contributed by atoms with Crippen LogP contribution >= 0.6 is 11.8 Å². The Balaban J connectivity index is 2.78. The number of hydrogen-bond donors (Lipinski definition) is 1. The number of nitrogens with zero attached hydrogens (tertiary/aromatic N) is 2. The lowest BCUT2D eigenvalue weighted by atomic mass is 10.3. The van der Waals surface area contributed by atoms with Gasteiger partial charge in [0.05, 0.1) is 5.56 Å². The van der Waals surface area contributed by atoms with Crippen molar-refractivity contribution < 1.29 is 5.11 Å². The smallest absolute Gasteiger partial charge is 0.187 e. The van der Waals surface area contributed by atoms with Gasteiger partial charge >= 0.3 is 0 Å². The van der Waals surface area contributed by atoms with E-state index in [2.05, 4.69) is 21.8 Å². The molecule has 0 radical (unpaired) electrons. The van der Waals surface area contributed by atoms with Crippen LogP contribution in [0.15, 0.2) is 17.6 Å². The largest absolute Gasteiger partial charge is 0.384 e. The Bertz CT molecular complexity index is 299. The average Bonchev–Trinajstić information content (AvgIpc) is 2.15. The van der Waals surface area contributed by atoms with E-state index in [1.165, 1.54) is 11.8 Å². The van der Waals surface area contributed by atoms with Crippen LogP contribution in [0.1, 0.15) is 5.56 Å². The predicted octanol–water partition coefficient (Wildman–Crippen LogP) is 0.542. The molecule has 0 fully saturated rings. The van der Waals surface area contributed by atoms with Crippen LogP contribution < -0.4 is 0 Å². The third-order valence-electron chi connectivity index (χ3n) is 1.12. The summed E-state index contributed by atoms with van der Waals surface area (Å²) in [7, 11) is 0. The molecule has 4 heteroatoms. The van der Waals surface area contributed by atoms with E-state index in [4.69, 9.17) is 5.11 Å². The van der Waals surface area contributed by atoms with Gasteiger partial charge in [-0.25, -0.2) is 9.97 Å². The van der Waals surface area contributed by atoms with Crippen molar-refractivity contribution in [1.29, 1.82) is 0 Å². The molecule has 0 amide bonds. The van der Waals surface area contributed by atoms with Crippen LogP contribution in [0.4, 0.5) is 0 Å². The van der Waals surface area contributed by atoms with Gasteiger partial charge in [-0.15, -0.1) is 0 Å². The minimum absolute atomic E-state index is 0.135. The van der Waals surface area contributed by atoms with Gasteiger partial charge < -0.3 is 5.11 Å². The summed E-state index contributed by atoms with van der Waals surface area (Å²) in [5.74, 6) is 5.23. The third-order valence-corrected chi connectivity index (χ3v) is 1.70. The molecule has 0 unspecified atom stereocenters. The van der Waals surface area contributed by atoms with Gasteiger partial charge in [0.1, 0.15) is 6.61 Å². The first-order chi connectivity index (χ1) is 5.86. The number of aromatic nitrogens is 2. The molecule has 62 valence electrons. The van der Waals surface area contributed by atoms with Crippen LogP contribution in [-0.4, -0.2) is 27.9 Å². The first kappa shape index (κ1) is 9.04. The van der Waals surface area contributed by atoms with Crippen LogP contribution in [-0.2, 0) is 0 Å². The Morgan fingerprint density at radius 3 is 2.67 bits per heavy atom. The normalized spacial score (nSPS) is 8.83. The summed E-state index contributed by atoms with van der Waals surface area (Å²) in [4.78, 5) is 8.04. The quantitative estimate of drug-likeness (QED) is 0.389. The number of rotatable bonds is 1. The van der Waals surface area contributed by atoms with Crippen molar-refractivity contribution in [1.82, 2.24) is 9.97 Å². The number of aliphatic hydroxyl groups excluding tert-OH is 1. The van der Waals surface area contributed by atoms with Gasteiger partial charge in [0, 0.05) is 12.4 Å². The molecular weight excluding hydrogens is 172 g/mol. The first-order valence-corrected chi connectivity index (χ1v) is 4.55. The van der Waals surface area contributed by atoms with Crippen molar-refractivity contribution in [2.75, 3.05) is 12.9 Å². The molecule has 12 heavy (non-hydrogen) atoms. The van der Waals surface area contributed by atoms with Crippen molar-refractivity contribution in [3.05, 3.63) is 18.0 Å². The lowest BCUT2D eigenvalue weighted by Gasteiger charge is -1.92. The van der Waals surface area contributed by atoms with Crippen LogP contribution in [0, 0.1) is 11.8 Å². The minimum atomic E-state index is -0.135. The summed E-state index contributed by atoms with van der Waals surface area (Å²) >= 11 is 1.48. The maximum Gasteiger partial charge on any atom is 0.187 e. The van der Waals surface area contributed by atoms with Crippen molar-refractivity contribution >= 4 is 11.8 Å². The fraction of sp³-hybridized carbons (Fsp3) is 0.250. The van der Waals surface area contributed by atoms with Gasteiger partial charge in [0.25, 0.3) is 0 Å². The maximum atomic E-state index is 8.41. The second-order valence-electron chi connectivity index (χ2n) is 1.92. The molecule has 0 atom stereocenters. The standard InChI is InChI=1S/C8H8N2OS/c1-12-8-9-5-7(6-10-8)3-2-4-11/h5-6,11H,4H2,1H3. The van der Waals surface area contributed by atoms with E-state index < -0.39 is 0 Å². The topological polar surface area (TPSA) is 46.0 Å². The molecule has 3 nitrogen and oxygen atoms in total. The number of hydrogen-bond acceptors (Lipinski definition) is 4. The summed E-state index contributed by atoms with van der Waals surface area (Å²) in [6.07, 6.45) is 5.19. The van der Waals surface area contributed by atoms with E-state index in [0.29, 0.717) is 0 Å². The van der Waals surface area contributed by atoms with Gasteiger partial charge in [-0.05, 0) is 6.26 Å². The predicted molar refractivity (Wildman–Crippen MR) is 47.8 cm³/mol. The van der Waals surface area contributed by atoms with Crippen LogP contribution in [0.5, 0.6) is 0 Å². The minimum Gasteiger partial charge on any atom is -0.384 e. The Hall–Kier alpha value is -1.05. The highest BCUT2D eigenvalue weighted by Gasteiger charge is 1.91. The van der Waals surface area contributed by atoms with Gasteiger partial charge in [-0.3, -0.25) is 0 Å². The van der Waals surface area contributed by atoms with Gasteiger partial charge in [0.15, 0.2) is 5.16 Å². The molecule has 1 rings (SSSR count). The molecule has 0 aliphatic heterocycles. The van der Waals surface area contributed by atoms with E-state index in [1.807, 2.05) is 6.26 Å². The maximum absolute atomic E-state index is 8.41. The molecular formula is C8H8N2OS. The third kappa shape index (κ3) is 2.53. The molecule has 0 bridgehead atoms. The summed E-state index contributed by atoms with van der Waals surface area (Å²) < 4.78 is 0. The molecule has 0 saturated heterocycles. The second kappa shape index (κ2) is 4.75. The summed E-state index contributed by atoms with van der Waals surface area (Å²) in [6, 6.07) is 0. The molecule has 1 aromatic rings. The number of thioether (sulfide) groups is 1. The molecule has 1 heterocycles. The van der Waals surface area contributed by atoms with Crippen molar-refractivity contribution in [2.45, 2.75) is 5.16 Å². The van der Waals surface area contributed by atoms with Crippen LogP contribution in [0.25, 0.3) is 0 Å². The molecule has 0 spiro atoms. The monoisotopic (exact) mass is 180 g/mol. The van der Waals surface area contributed by atoms with Gasteiger partial charge in [0.2, 0.25) is 0 Å². The fourth-order valence-electron chi connectivity index (χ4n) is 0.628. The van der Waals surface area contributed by atoms with E-state index in [9.17, 15) is 0 Å². The lowest BCUT2D eigenvalue weighted by Crippen LogP contribution is -1.86. The SMILES string of the molecule is CSc1ncc(C#CCO)cn1. The van der Waals surface area contributed by atoms with Crippen LogP contribution in [0.3, 0.4) is 0 Å². The summed E-state index contributed by atoms with van der Waals surface area (Å²) in [6.45, 7) is -0.135. The zero-order chi connectivity index (χ0) is 8.81. The van der Waals surface area contributed by atoms with Gasteiger partial charge in [-0.1, -0.05) is 23.6 Å². The van der Waals surface area contributed by atoms with Crippen molar-refractivity contribution in [3.63, 3.8) is 0 Å². The summed E-state index contributed by atoms with van der Waals surface area (Å²) in [5.41, 5.74) is 0.724. The van der Waals surface area contributed by atoms with Gasteiger partial charge in [-0.2, -0.15) is 0 Å². The molecule has 0 aliphatic rings. The highest BCUT2D eigenvalue weighted by atomic mass is 32.2. The zero-order valence-electron chi connectivity index (χ0n) is 6.61. The first-order valence-electron chi connectivity index (χ1n) is 3.32. The Morgan fingerprint density at radius 1 is 1.50 bits per heavy atom. The average molecular weight is 180 g/mol. The second-order valence-corrected chi connectivity index (χ2v) is 2.69. The fourth-order valence-corrected chi connectivity index (χ4v) is 0.944. The van der Waals surface area contributed by atoms with E-state index in [0.717, 1.165) is 10.7 Å². The highest BCUT2D eigenvalue weighted by Crippen LogP contribution is 2.05. The lowest BCUT2D eigenvalue weighted by molar-refractivity contribution is 0.350. The van der Waals surface area contributed by atoms with E-state index >= 15 is 0 Å². The molecule has 1 aromatic heterocycles. The van der Waals surface area contributed by atoms with E-state index in [1.54, 1.807) is 12.4 Å². The highest BCUT2D eigenvalue weighted by molar-refractivity contribution is 7.98. The summed E-state index contributed by atoms with van der Waals surface area (Å²) in [5, 5.41) is 9.14.